The molecule has 0 saturated carbocycles. The molecule has 0 unspecified atom stereocenters. The van der Waals surface area contributed by atoms with Crippen LogP contribution in [0.25, 0.3) is 11.0 Å². The van der Waals surface area contributed by atoms with E-state index in [1.54, 1.807) is 4.68 Å². The fraction of sp³-hybridized carbons (Fsp3) is 0.526. The van der Waals surface area contributed by atoms with Crippen molar-refractivity contribution >= 4 is 22.7 Å². The number of anilines is 2. The van der Waals surface area contributed by atoms with E-state index in [1.807, 2.05) is 20.2 Å². The number of aromatic nitrogens is 6. The van der Waals surface area contributed by atoms with Crippen molar-refractivity contribution in [2.75, 3.05) is 29.9 Å². The second-order valence-corrected chi connectivity index (χ2v) is 8.30. The number of likely N-dealkylation sites (N-methyl/N-ethyl adjacent to an activating group) is 1. The first-order valence-corrected chi connectivity index (χ1v) is 9.22. The molecule has 0 bridgehead atoms. The molecule has 142 valence electrons. The molecule has 0 N–H and O–H groups in total. The van der Waals surface area contributed by atoms with E-state index in [0.29, 0.717) is 6.04 Å². The Bertz CT molecular complexity index is 964. The Morgan fingerprint density at radius 3 is 2.48 bits per heavy atom. The fourth-order valence-corrected chi connectivity index (χ4v) is 3.34. The van der Waals surface area contributed by atoms with Crippen molar-refractivity contribution in [1.82, 2.24) is 29.9 Å². The molecule has 8 heteroatoms. The van der Waals surface area contributed by atoms with Gasteiger partial charge in [0.1, 0.15) is 11.6 Å². The molecule has 0 atom stereocenters. The van der Waals surface area contributed by atoms with E-state index in [2.05, 4.69) is 75.0 Å². The number of hydrogen-bond acceptors (Lipinski definition) is 7. The third-order valence-corrected chi connectivity index (χ3v) is 5.17. The first-order valence-electron chi connectivity index (χ1n) is 9.22. The second-order valence-electron chi connectivity index (χ2n) is 8.30. The molecule has 8 nitrogen and oxygen atoms in total. The Labute approximate surface area is 159 Å². The lowest BCUT2D eigenvalue weighted by Crippen LogP contribution is -2.59. The first-order chi connectivity index (χ1) is 12.7. The van der Waals surface area contributed by atoms with Gasteiger partial charge in [-0.3, -0.25) is 4.68 Å². The van der Waals surface area contributed by atoms with Crippen molar-refractivity contribution in [3.63, 3.8) is 0 Å². The van der Waals surface area contributed by atoms with E-state index in [-0.39, 0.29) is 5.41 Å². The van der Waals surface area contributed by atoms with Gasteiger partial charge in [0.25, 0.3) is 0 Å². The maximum atomic E-state index is 4.67. The summed E-state index contributed by atoms with van der Waals surface area (Å²) in [5.41, 5.74) is 1.89. The Morgan fingerprint density at radius 2 is 1.85 bits per heavy atom. The van der Waals surface area contributed by atoms with Gasteiger partial charge in [-0.05, 0) is 19.1 Å². The standard InChI is InChI=1S/C19H26N8/c1-12-21-17(14-9-20-26(6)18(14)22-12)25(5)13-10-27(11-13)16-8-7-15(23-24-16)19(2,3)4/h7-9,13H,10-11H2,1-6H3. The minimum absolute atomic E-state index is 0.0171. The number of aryl methyl sites for hydroxylation is 2. The largest absolute Gasteiger partial charge is 0.352 e. The van der Waals surface area contributed by atoms with Crippen LogP contribution in [0.4, 0.5) is 11.6 Å². The van der Waals surface area contributed by atoms with Gasteiger partial charge in [-0.2, -0.15) is 10.2 Å². The summed E-state index contributed by atoms with van der Waals surface area (Å²) in [4.78, 5) is 13.6. The van der Waals surface area contributed by atoms with Crippen LogP contribution in [0.15, 0.2) is 18.3 Å². The lowest BCUT2D eigenvalue weighted by molar-refractivity contribution is 0.485. The van der Waals surface area contributed by atoms with E-state index in [1.165, 1.54) is 0 Å². The minimum atomic E-state index is 0.0171. The summed E-state index contributed by atoms with van der Waals surface area (Å²) in [6.07, 6.45) is 1.84. The van der Waals surface area contributed by atoms with Crippen LogP contribution in [-0.2, 0) is 12.5 Å². The smallest absolute Gasteiger partial charge is 0.163 e. The summed E-state index contributed by atoms with van der Waals surface area (Å²) in [5.74, 6) is 2.62. The molecule has 0 amide bonds. The summed E-state index contributed by atoms with van der Waals surface area (Å²) >= 11 is 0. The summed E-state index contributed by atoms with van der Waals surface area (Å²) < 4.78 is 1.79. The van der Waals surface area contributed by atoms with Crippen molar-refractivity contribution in [3.8, 4) is 0 Å². The van der Waals surface area contributed by atoms with Crippen LogP contribution >= 0.6 is 0 Å². The zero-order valence-corrected chi connectivity index (χ0v) is 16.8. The summed E-state index contributed by atoms with van der Waals surface area (Å²) in [7, 11) is 3.99. The SMILES string of the molecule is Cc1nc(N(C)C2CN(c3ccc(C(C)(C)C)nn3)C2)c2cnn(C)c2n1. The van der Waals surface area contributed by atoms with E-state index < -0.39 is 0 Å². The molecule has 3 aromatic heterocycles. The van der Waals surface area contributed by atoms with Crippen LogP contribution in [0, 0.1) is 6.92 Å². The maximum absolute atomic E-state index is 4.67. The third kappa shape index (κ3) is 3.09. The molecule has 1 saturated heterocycles. The van der Waals surface area contributed by atoms with Gasteiger partial charge in [0.15, 0.2) is 11.5 Å². The first kappa shape index (κ1) is 17.6. The summed E-state index contributed by atoms with van der Waals surface area (Å²) in [6, 6.07) is 4.51. The number of hydrogen-bond donors (Lipinski definition) is 0. The van der Waals surface area contributed by atoms with Crippen LogP contribution in [0.3, 0.4) is 0 Å². The van der Waals surface area contributed by atoms with E-state index in [9.17, 15) is 0 Å². The predicted octanol–water partition coefficient (Wildman–Crippen LogP) is 2.08. The molecule has 1 fully saturated rings. The second kappa shape index (κ2) is 6.14. The Hall–Kier alpha value is -2.77. The quantitative estimate of drug-likeness (QED) is 0.702. The zero-order valence-electron chi connectivity index (χ0n) is 16.8. The van der Waals surface area contributed by atoms with Gasteiger partial charge in [0, 0.05) is 32.6 Å². The molecule has 0 aliphatic carbocycles. The van der Waals surface area contributed by atoms with Crippen LogP contribution in [-0.4, -0.2) is 56.1 Å². The summed E-state index contributed by atoms with van der Waals surface area (Å²) in [5, 5.41) is 14.1. The van der Waals surface area contributed by atoms with Gasteiger partial charge in [-0.15, -0.1) is 5.10 Å². The molecule has 1 aliphatic heterocycles. The number of fused-ring (bicyclic) bond motifs is 1. The van der Waals surface area contributed by atoms with Crippen LogP contribution in [0.5, 0.6) is 0 Å². The number of nitrogens with zero attached hydrogens (tertiary/aromatic N) is 8. The molecule has 4 rings (SSSR count). The van der Waals surface area contributed by atoms with Crippen molar-refractivity contribution < 1.29 is 0 Å². The monoisotopic (exact) mass is 366 g/mol. The fourth-order valence-electron chi connectivity index (χ4n) is 3.34. The average Bonchev–Trinajstić information content (AvgIpc) is 2.93. The van der Waals surface area contributed by atoms with Crippen LogP contribution < -0.4 is 9.80 Å². The zero-order chi connectivity index (χ0) is 19.3. The highest BCUT2D eigenvalue weighted by Crippen LogP contribution is 2.29. The van der Waals surface area contributed by atoms with Gasteiger partial charge in [-0.25, -0.2) is 9.97 Å². The van der Waals surface area contributed by atoms with Gasteiger partial charge < -0.3 is 9.80 Å². The van der Waals surface area contributed by atoms with Gasteiger partial charge in [0.05, 0.1) is 23.3 Å². The minimum Gasteiger partial charge on any atom is -0.352 e. The maximum Gasteiger partial charge on any atom is 0.163 e. The Kier molecular flexibility index (Phi) is 4.01. The molecule has 27 heavy (non-hydrogen) atoms. The van der Waals surface area contributed by atoms with E-state index in [4.69, 9.17) is 0 Å². The van der Waals surface area contributed by atoms with Gasteiger partial charge >= 0.3 is 0 Å². The van der Waals surface area contributed by atoms with Crippen LogP contribution in [0.2, 0.25) is 0 Å². The lowest BCUT2D eigenvalue weighted by Gasteiger charge is -2.45. The van der Waals surface area contributed by atoms with Crippen molar-refractivity contribution in [3.05, 3.63) is 29.8 Å². The lowest BCUT2D eigenvalue weighted by atomic mass is 9.92. The van der Waals surface area contributed by atoms with Crippen molar-refractivity contribution in [2.24, 2.45) is 7.05 Å². The average molecular weight is 366 g/mol. The highest BCUT2D eigenvalue weighted by atomic mass is 15.4. The highest BCUT2D eigenvalue weighted by molar-refractivity contribution is 5.87. The molecule has 4 heterocycles. The van der Waals surface area contributed by atoms with Crippen LogP contribution in [0.1, 0.15) is 32.3 Å². The third-order valence-electron chi connectivity index (χ3n) is 5.17. The summed E-state index contributed by atoms with van der Waals surface area (Å²) in [6.45, 7) is 10.1. The molecule has 3 aromatic rings. The van der Waals surface area contributed by atoms with Gasteiger partial charge in [0.2, 0.25) is 0 Å². The molecular formula is C19H26N8. The van der Waals surface area contributed by atoms with Crippen molar-refractivity contribution in [1.29, 1.82) is 0 Å². The molecule has 0 radical (unpaired) electrons. The Morgan fingerprint density at radius 1 is 1.11 bits per heavy atom. The Balaban J connectivity index is 1.50. The molecular weight excluding hydrogens is 340 g/mol. The molecule has 1 aliphatic rings. The number of rotatable bonds is 3. The topological polar surface area (TPSA) is 75.9 Å². The molecule has 0 aromatic carbocycles. The van der Waals surface area contributed by atoms with Gasteiger partial charge in [-0.1, -0.05) is 20.8 Å². The molecule has 0 spiro atoms. The van der Waals surface area contributed by atoms with Crippen molar-refractivity contribution in [2.45, 2.75) is 39.2 Å². The predicted molar refractivity (Wildman–Crippen MR) is 106 cm³/mol. The van der Waals surface area contributed by atoms with E-state index in [0.717, 1.165) is 47.3 Å². The van der Waals surface area contributed by atoms with E-state index >= 15 is 0 Å². The normalized spacial score (nSPS) is 15.3. The highest BCUT2D eigenvalue weighted by Gasteiger charge is 2.33.